The van der Waals surface area contributed by atoms with Gasteiger partial charge in [-0.15, -0.1) is 0 Å². The molecule has 1 aliphatic rings. The van der Waals surface area contributed by atoms with Gasteiger partial charge in [0.15, 0.2) is 0 Å². The predicted octanol–water partition coefficient (Wildman–Crippen LogP) is 4.90. The van der Waals surface area contributed by atoms with Gasteiger partial charge in [-0.3, -0.25) is 15.0 Å². The molecule has 1 unspecified atom stereocenters. The molecule has 0 spiro atoms. The topological polar surface area (TPSA) is 90.9 Å². The van der Waals surface area contributed by atoms with Crippen LogP contribution in [0.15, 0.2) is 76.6 Å². The zero-order chi connectivity index (χ0) is 25.2. The second-order valence-electron chi connectivity index (χ2n) is 7.09. The Morgan fingerprint density at radius 2 is 2.03 bits per heavy atom. The van der Waals surface area contributed by atoms with Gasteiger partial charge in [0.05, 0.1) is 25.5 Å². The molecule has 0 aliphatic carbocycles. The number of allylic oxidation sites excluding steroid dienone is 2. The number of halogens is 1. The summed E-state index contributed by atoms with van der Waals surface area (Å²) in [6.07, 6.45) is 11.5. The van der Waals surface area contributed by atoms with Gasteiger partial charge in [0.1, 0.15) is 11.6 Å². The lowest BCUT2D eigenvalue weighted by molar-refractivity contribution is 0.537. The minimum Gasteiger partial charge on any atom is -0.394 e. The molecular formula is C26H38FN7. The second-order valence-corrected chi connectivity index (χ2v) is 7.09. The molecule has 0 amide bonds. The number of fused-ring (bicyclic) bond motifs is 1. The fourth-order valence-corrected chi connectivity index (χ4v) is 3.10. The highest BCUT2D eigenvalue weighted by atomic mass is 19.1. The molecule has 4 N–H and O–H groups in total. The number of nitrogens with one attached hydrogen (secondary N) is 2. The van der Waals surface area contributed by atoms with Crippen molar-refractivity contribution >= 4 is 18.4 Å². The number of hydrogen-bond donors (Lipinski definition) is 3. The number of nitrogens with zero attached hydrogens (tertiary/aromatic N) is 4. The standard InChI is InChI=1S/C15H16FN5.C9H16N2.C2H6/c16-13-6-2-1-4-11(13)9-21-15-12(5-3-7-19-15)14(20-21)8-18-10-17;1-4-6-11-7-5-9(2)8-10-3;1-2/h1-7,10,14,20H,8-9H2,(H2,17,18);4,6-8,10H,5H2,1-3H3;1-2H3/b;6-4-,9-8+,11-7?;. The summed E-state index contributed by atoms with van der Waals surface area (Å²) in [4.78, 5) is 12.5. The van der Waals surface area contributed by atoms with E-state index in [2.05, 4.69) is 32.6 Å². The quantitative estimate of drug-likeness (QED) is 0.379. The van der Waals surface area contributed by atoms with Gasteiger partial charge in [-0.05, 0) is 32.2 Å². The number of aliphatic imine (C=N–C) groups is 2. The summed E-state index contributed by atoms with van der Waals surface area (Å²) in [5.41, 5.74) is 11.5. The third-order valence-corrected chi connectivity index (χ3v) is 4.58. The molecule has 184 valence electrons. The first-order chi connectivity index (χ1) is 16.6. The van der Waals surface area contributed by atoms with Crippen molar-refractivity contribution in [3.63, 3.8) is 0 Å². The Kier molecular flexibility index (Phi) is 14.3. The molecule has 0 bridgehead atoms. The largest absolute Gasteiger partial charge is 0.394 e. The summed E-state index contributed by atoms with van der Waals surface area (Å²) in [5, 5.41) is 4.82. The summed E-state index contributed by atoms with van der Waals surface area (Å²) in [5.74, 6) is 0.582. The highest BCUT2D eigenvalue weighted by molar-refractivity contribution is 5.61. The smallest absolute Gasteiger partial charge is 0.147 e. The number of pyridine rings is 1. The van der Waals surface area contributed by atoms with E-state index in [1.165, 1.54) is 18.0 Å². The van der Waals surface area contributed by atoms with Crippen molar-refractivity contribution in [2.24, 2.45) is 15.7 Å². The van der Waals surface area contributed by atoms with E-state index in [-0.39, 0.29) is 11.9 Å². The van der Waals surface area contributed by atoms with Crippen molar-refractivity contribution in [1.29, 1.82) is 0 Å². The highest BCUT2D eigenvalue weighted by Crippen LogP contribution is 2.31. The fraction of sp³-hybridized carbons (Fsp3) is 0.346. The molecule has 1 atom stereocenters. The first-order valence-electron chi connectivity index (χ1n) is 11.5. The molecule has 0 saturated carbocycles. The van der Waals surface area contributed by atoms with Crippen LogP contribution < -0.4 is 21.5 Å². The van der Waals surface area contributed by atoms with E-state index in [4.69, 9.17) is 5.73 Å². The van der Waals surface area contributed by atoms with E-state index in [0.717, 1.165) is 17.8 Å². The van der Waals surface area contributed by atoms with Gasteiger partial charge >= 0.3 is 0 Å². The third-order valence-electron chi connectivity index (χ3n) is 4.58. The number of anilines is 1. The molecule has 1 aliphatic heterocycles. The third kappa shape index (κ3) is 9.54. The minimum absolute atomic E-state index is 0.000253. The number of rotatable bonds is 8. The van der Waals surface area contributed by atoms with Crippen LogP contribution in [0.2, 0.25) is 0 Å². The Morgan fingerprint density at radius 3 is 2.71 bits per heavy atom. The highest BCUT2D eigenvalue weighted by Gasteiger charge is 2.29. The van der Waals surface area contributed by atoms with Gasteiger partial charge in [-0.1, -0.05) is 49.8 Å². The number of hydrogen-bond acceptors (Lipinski definition) is 6. The van der Waals surface area contributed by atoms with Crippen molar-refractivity contribution in [2.75, 3.05) is 18.6 Å². The lowest BCUT2D eigenvalue weighted by Crippen LogP contribution is -2.35. The molecule has 0 radical (unpaired) electrons. The molecule has 0 saturated heterocycles. The maximum absolute atomic E-state index is 13.8. The average Bonchev–Trinajstić information content (AvgIpc) is 3.21. The molecule has 34 heavy (non-hydrogen) atoms. The Balaban J connectivity index is 0.000000380. The van der Waals surface area contributed by atoms with Crippen molar-refractivity contribution in [1.82, 2.24) is 15.7 Å². The van der Waals surface area contributed by atoms with Crippen LogP contribution in [0.25, 0.3) is 0 Å². The Hall–Kier alpha value is -3.52. The van der Waals surface area contributed by atoms with Crippen LogP contribution in [0.5, 0.6) is 0 Å². The summed E-state index contributed by atoms with van der Waals surface area (Å²) in [6, 6.07) is 10.6. The number of hydrazine groups is 1. The van der Waals surface area contributed by atoms with Gasteiger partial charge < -0.3 is 11.1 Å². The number of nitrogens with two attached hydrogens (primary N) is 1. The number of aromatic nitrogens is 1. The molecule has 0 fully saturated rings. The van der Waals surface area contributed by atoms with Gasteiger partial charge in [-0.2, -0.15) is 0 Å². The lowest BCUT2D eigenvalue weighted by atomic mass is 10.1. The van der Waals surface area contributed by atoms with Gasteiger partial charge in [0.2, 0.25) is 0 Å². The SMILES string of the molecule is C/C=C\N=CC/C(C)=C/NC.CC.NC=NCC1NN(Cc2ccccc2F)c2ncccc21. The van der Waals surface area contributed by atoms with Crippen molar-refractivity contribution in [3.05, 3.63) is 83.6 Å². The van der Waals surface area contributed by atoms with Gasteiger partial charge in [0.25, 0.3) is 0 Å². The molecule has 3 rings (SSSR count). The predicted molar refractivity (Wildman–Crippen MR) is 142 cm³/mol. The van der Waals surface area contributed by atoms with Gasteiger partial charge in [0, 0.05) is 43.2 Å². The van der Waals surface area contributed by atoms with E-state index in [0.29, 0.717) is 18.7 Å². The van der Waals surface area contributed by atoms with E-state index in [1.807, 2.05) is 69.5 Å². The first-order valence-corrected chi connectivity index (χ1v) is 11.5. The molecule has 8 heteroatoms. The summed E-state index contributed by atoms with van der Waals surface area (Å²) >= 11 is 0. The van der Waals surface area contributed by atoms with E-state index >= 15 is 0 Å². The first kappa shape index (κ1) is 28.5. The van der Waals surface area contributed by atoms with Crippen LogP contribution in [0.3, 0.4) is 0 Å². The summed E-state index contributed by atoms with van der Waals surface area (Å²) in [7, 11) is 1.90. The second kappa shape index (κ2) is 17.0. The molecular weight excluding hydrogens is 429 g/mol. The van der Waals surface area contributed by atoms with Crippen LogP contribution in [0.4, 0.5) is 10.2 Å². The zero-order valence-electron chi connectivity index (χ0n) is 20.9. The van der Waals surface area contributed by atoms with Crippen LogP contribution in [0, 0.1) is 5.82 Å². The normalized spacial score (nSPS) is 15.2. The summed E-state index contributed by atoms with van der Waals surface area (Å²) in [6.45, 7) is 8.94. The average molecular weight is 468 g/mol. The Bertz CT molecular complexity index is 954. The van der Waals surface area contributed by atoms with Crippen molar-refractivity contribution in [2.45, 2.75) is 46.7 Å². The fourth-order valence-electron chi connectivity index (χ4n) is 3.10. The molecule has 7 nitrogen and oxygen atoms in total. The van der Waals surface area contributed by atoms with E-state index in [9.17, 15) is 4.39 Å². The monoisotopic (exact) mass is 467 g/mol. The molecule has 2 aromatic rings. The van der Waals surface area contributed by atoms with E-state index in [1.54, 1.807) is 24.5 Å². The van der Waals surface area contributed by atoms with Crippen molar-refractivity contribution in [3.8, 4) is 0 Å². The van der Waals surface area contributed by atoms with E-state index < -0.39 is 0 Å². The maximum Gasteiger partial charge on any atom is 0.147 e. The van der Waals surface area contributed by atoms with Crippen LogP contribution >= 0.6 is 0 Å². The molecule has 2 heterocycles. The summed E-state index contributed by atoms with van der Waals surface area (Å²) < 4.78 is 13.8. The van der Waals surface area contributed by atoms with Crippen LogP contribution in [-0.4, -0.2) is 31.1 Å². The minimum atomic E-state index is -0.222. The van der Waals surface area contributed by atoms with Crippen molar-refractivity contribution < 1.29 is 4.39 Å². The van der Waals surface area contributed by atoms with Crippen LogP contribution in [-0.2, 0) is 6.54 Å². The lowest BCUT2D eigenvalue weighted by Gasteiger charge is -2.20. The molecule has 1 aromatic carbocycles. The zero-order valence-corrected chi connectivity index (χ0v) is 20.9. The van der Waals surface area contributed by atoms with Gasteiger partial charge in [-0.25, -0.2) is 14.8 Å². The Morgan fingerprint density at radius 1 is 1.26 bits per heavy atom. The van der Waals surface area contributed by atoms with Crippen LogP contribution in [0.1, 0.15) is 51.3 Å². The Labute approximate surface area is 203 Å². The molecule has 1 aromatic heterocycles. The maximum atomic E-state index is 13.8. The number of benzene rings is 1.